The van der Waals surface area contributed by atoms with E-state index in [1.807, 2.05) is 30.3 Å². The molecule has 2 aromatic rings. The maximum Gasteiger partial charge on any atom is 0.243 e. The Hall–Kier alpha value is -2.21. The van der Waals surface area contributed by atoms with Gasteiger partial charge in [0.1, 0.15) is 0 Å². The van der Waals surface area contributed by atoms with Gasteiger partial charge in [0, 0.05) is 18.1 Å². The van der Waals surface area contributed by atoms with Crippen molar-refractivity contribution in [2.75, 3.05) is 20.1 Å². The summed E-state index contributed by atoms with van der Waals surface area (Å²) in [6.45, 7) is 0.129. The molecule has 26 heavy (non-hydrogen) atoms. The molecule has 0 spiro atoms. The molecule has 1 N–H and O–H groups in total. The fraction of sp³-hybridized carbons (Fsp3) is 0.222. The Bertz CT molecular complexity index is 921. The molecule has 0 aliphatic heterocycles. The molecular formula is C18H18BrN3O3S. The number of hydrogen-bond donors (Lipinski definition) is 1. The Morgan fingerprint density at radius 1 is 1.19 bits per heavy atom. The van der Waals surface area contributed by atoms with Crippen molar-refractivity contribution in [2.24, 2.45) is 0 Å². The van der Waals surface area contributed by atoms with Crippen LogP contribution in [0, 0.1) is 11.3 Å². The first-order chi connectivity index (χ1) is 12.3. The Balaban J connectivity index is 1.91. The van der Waals surface area contributed by atoms with Crippen LogP contribution in [0.1, 0.15) is 11.1 Å². The summed E-state index contributed by atoms with van der Waals surface area (Å²) in [5.74, 6) is -0.378. The molecule has 1 amide bonds. The molecule has 0 unspecified atom stereocenters. The van der Waals surface area contributed by atoms with Crippen LogP contribution in [-0.4, -0.2) is 38.8 Å². The standard InChI is InChI=1S/C18H18BrN3O3S/c1-22(26(24,25)16-8-6-14(12-20)7-9-16)13-18(23)21-11-10-15-4-2-3-5-17(15)19/h2-9H,10-11,13H2,1H3,(H,21,23). The molecule has 136 valence electrons. The second-order valence-electron chi connectivity index (χ2n) is 5.59. The number of likely N-dealkylation sites (N-methyl/N-ethyl adjacent to an activating group) is 1. The minimum atomic E-state index is -3.79. The van der Waals surface area contributed by atoms with Gasteiger partial charge >= 0.3 is 0 Å². The van der Waals surface area contributed by atoms with Crippen molar-refractivity contribution in [1.82, 2.24) is 9.62 Å². The van der Waals surface area contributed by atoms with Gasteiger partial charge in [-0.05, 0) is 42.3 Å². The highest BCUT2D eigenvalue weighted by atomic mass is 79.9. The van der Waals surface area contributed by atoms with Crippen LogP contribution < -0.4 is 5.32 Å². The smallest absolute Gasteiger partial charge is 0.243 e. The number of nitrogens with one attached hydrogen (secondary N) is 1. The van der Waals surface area contributed by atoms with Crippen LogP contribution in [0.25, 0.3) is 0 Å². The minimum Gasteiger partial charge on any atom is -0.355 e. The minimum absolute atomic E-state index is 0.0417. The predicted octanol–water partition coefficient (Wildman–Crippen LogP) is 2.30. The van der Waals surface area contributed by atoms with E-state index in [2.05, 4.69) is 21.2 Å². The van der Waals surface area contributed by atoms with Crippen molar-refractivity contribution in [1.29, 1.82) is 5.26 Å². The van der Waals surface area contributed by atoms with Gasteiger partial charge in [-0.15, -0.1) is 0 Å². The van der Waals surface area contributed by atoms with E-state index in [9.17, 15) is 13.2 Å². The summed E-state index contributed by atoms with van der Waals surface area (Å²) in [6.07, 6.45) is 0.638. The summed E-state index contributed by atoms with van der Waals surface area (Å²) in [6, 6.07) is 15.2. The average Bonchev–Trinajstić information content (AvgIpc) is 2.63. The van der Waals surface area contributed by atoms with Crippen molar-refractivity contribution in [2.45, 2.75) is 11.3 Å². The molecule has 0 atom stereocenters. The summed E-state index contributed by atoms with van der Waals surface area (Å²) in [4.78, 5) is 12.1. The Morgan fingerprint density at radius 2 is 1.85 bits per heavy atom. The SMILES string of the molecule is CN(CC(=O)NCCc1ccccc1Br)S(=O)(=O)c1ccc(C#N)cc1. The average molecular weight is 436 g/mol. The molecule has 0 bridgehead atoms. The highest BCUT2D eigenvalue weighted by Crippen LogP contribution is 2.16. The maximum atomic E-state index is 12.5. The van der Waals surface area contributed by atoms with Crippen molar-refractivity contribution >= 4 is 31.9 Å². The van der Waals surface area contributed by atoms with Gasteiger partial charge in [0.05, 0.1) is 23.1 Å². The zero-order valence-electron chi connectivity index (χ0n) is 14.1. The second-order valence-corrected chi connectivity index (χ2v) is 8.49. The Kier molecular flexibility index (Phi) is 6.91. The van der Waals surface area contributed by atoms with E-state index in [0.717, 1.165) is 14.3 Å². The van der Waals surface area contributed by atoms with Crippen LogP contribution in [0.15, 0.2) is 57.9 Å². The van der Waals surface area contributed by atoms with Crippen LogP contribution in [0.2, 0.25) is 0 Å². The molecule has 0 fully saturated rings. The monoisotopic (exact) mass is 435 g/mol. The van der Waals surface area contributed by atoms with Crippen LogP contribution in [0.4, 0.5) is 0 Å². The number of rotatable bonds is 7. The summed E-state index contributed by atoms with van der Waals surface area (Å²) < 4.78 is 26.9. The van der Waals surface area contributed by atoms with Gasteiger partial charge in [0.2, 0.25) is 15.9 Å². The first kappa shape index (κ1) is 20.1. The molecule has 0 aliphatic carbocycles. The molecular weight excluding hydrogens is 418 g/mol. The van der Waals surface area contributed by atoms with Gasteiger partial charge < -0.3 is 5.32 Å². The first-order valence-electron chi connectivity index (χ1n) is 7.81. The van der Waals surface area contributed by atoms with Crippen LogP contribution in [0.5, 0.6) is 0 Å². The van der Waals surface area contributed by atoms with Crippen molar-refractivity contribution in [3.8, 4) is 6.07 Å². The zero-order valence-corrected chi connectivity index (χ0v) is 16.5. The third-order valence-electron chi connectivity index (χ3n) is 3.73. The highest BCUT2D eigenvalue weighted by Gasteiger charge is 2.22. The quantitative estimate of drug-likeness (QED) is 0.721. The lowest BCUT2D eigenvalue weighted by atomic mass is 10.1. The molecule has 0 aromatic heterocycles. The molecule has 2 rings (SSSR count). The van der Waals surface area contributed by atoms with E-state index in [1.165, 1.54) is 31.3 Å². The highest BCUT2D eigenvalue weighted by molar-refractivity contribution is 9.10. The number of halogens is 1. The summed E-state index contributed by atoms with van der Waals surface area (Å²) in [5.41, 5.74) is 1.43. The van der Waals surface area contributed by atoms with Crippen LogP contribution in [-0.2, 0) is 21.2 Å². The van der Waals surface area contributed by atoms with E-state index >= 15 is 0 Å². The normalized spacial score (nSPS) is 11.2. The molecule has 0 saturated carbocycles. The third-order valence-corrected chi connectivity index (χ3v) is 6.32. The fourth-order valence-corrected chi connectivity index (χ4v) is 3.87. The first-order valence-corrected chi connectivity index (χ1v) is 10.0. The Morgan fingerprint density at radius 3 is 2.46 bits per heavy atom. The van der Waals surface area contributed by atoms with E-state index in [-0.39, 0.29) is 17.3 Å². The number of nitriles is 1. The maximum absolute atomic E-state index is 12.5. The zero-order chi connectivity index (χ0) is 19.2. The summed E-state index contributed by atoms with van der Waals surface area (Å²) in [7, 11) is -2.44. The molecule has 0 radical (unpaired) electrons. The van der Waals surface area contributed by atoms with Gasteiger partial charge in [-0.3, -0.25) is 4.79 Å². The number of carbonyl (C=O) groups is 1. The van der Waals surface area contributed by atoms with E-state index < -0.39 is 10.0 Å². The number of nitrogens with zero attached hydrogens (tertiary/aromatic N) is 2. The van der Waals surface area contributed by atoms with Gasteiger partial charge in [-0.2, -0.15) is 9.57 Å². The van der Waals surface area contributed by atoms with Gasteiger partial charge in [-0.25, -0.2) is 8.42 Å². The Labute approximate surface area is 161 Å². The number of sulfonamides is 1. The fourth-order valence-electron chi connectivity index (χ4n) is 2.26. The van der Waals surface area contributed by atoms with Gasteiger partial charge in [0.25, 0.3) is 0 Å². The van der Waals surface area contributed by atoms with Crippen molar-refractivity contribution in [3.63, 3.8) is 0 Å². The third kappa shape index (κ3) is 5.14. The number of hydrogen-bond acceptors (Lipinski definition) is 4. The lowest BCUT2D eigenvalue weighted by Crippen LogP contribution is -2.39. The number of carbonyl (C=O) groups excluding carboxylic acids is 1. The van der Waals surface area contributed by atoms with Gasteiger partial charge in [0.15, 0.2) is 0 Å². The topological polar surface area (TPSA) is 90.3 Å². The molecule has 8 heteroatoms. The van der Waals surface area contributed by atoms with Crippen LogP contribution in [0.3, 0.4) is 0 Å². The molecule has 0 aliphatic rings. The summed E-state index contributed by atoms with van der Waals surface area (Å²) >= 11 is 3.45. The predicted molar refractivity (Wildman–Crippen MR) is 102 cm³/mol. The number of amides is 1. The van der Waals surface area contributed by atoms with Crippen molar-refractivity contribution in [3.05, 3.63) is 64.1 Å². The second kappa shape index (κ2) is 8.94. The van der Waals surface area contributed by atoms with E-state index in [1.54, 1.807) is 0 Å². The van der Waals surface area contributed by atoms with E-state index in [4.69, 9.17) is 5.26 Å². The van der Waals surface area contributed by atoms with Crippen molar-refractivity contribution < 1.29 is 13.2 Å². The van der Waals surface area contributed by atoms with Gasteiger partial charge in [-0.1, -0.05) is 34.1 Å². The number of benzene rings is 2. The largest absolute Gasteiger partial charge is 0.355 e. The lowest BCUT2D eigenvalue weighted by molar-refractivity contribution is -0.121. The van der Waals surface area contributed by atoms with E-state index in [0.29, 0.717) is 18.5 Å². The summed E-state index contributed by atoms with van der Waals surface area (Å²) in [5, 5.41) is 11.5. The molecule has 0 saturated heterocycles. The van der Waals surface area contributed by atoms with Crippen LogP contribution >= 0.6 is 15.9 Å². The molecule has 6 nitrogen and oxygen atoms in total. The lowest BCUT2D eigenvalue weighted by Gasteiger charge is -2.17. The molecule has 2 aromatic carbocycles. The molecule has 0 heterocycles.